The van der Waals surface area contributed by atoms with Gasteiger partial charge in [0, 0.05) is 6.54 Å². The van der Waals surface area contributed by atoms with Crippen LogP contribution in [0.2, 0.25) is 0 Å². The number of para-hydroxylation sites is 1. The van der Waals surface area contributed by atoms with E-state index in [0.717, 1.165) is 21.9 Å². The maximum atomic E-state index is 12.2. The lowest BCUT2D eigenvalue weighted by molar-refractivity contribution is -0.119. The highest BCUT2D eigenvalue weighted by molar-refractivity contribution is 7.92. The van der Waals surface area contributed by atoms with Crippen LogP contribution >= 0.6 is 0 Å². The molecule has 0 unspecified atom stereocenters. The Morgan fingerprint density at radius 3 is 2.23 bits per heavy atom. The molecule has 0 aliphatic rings. The fourth-order valence-electron chi connectivity index (χ4n) is 2.34. The molecule has 1 amide bonds. The molecule has 2 aromatic rings. The highest BCUT2D eigenvalue weighted by atomic mass is 32.2. The summed E-state index contributed by atoms with van der Waals surface area (Å²) in [6, 6.07) is 16.0. The molecule has 26 heavy (non-hydrogen) atoms. The third-order valence-electron chi connectivity index (χ3n) is 3.52. The summed E-state index contributed by atoms with van der Waals surface area (Å²) in [6.07, 6.45) is 1.18. The van der Waals surface area contributed by atoms with Crippen molar-refractivity contribution in [2.45, 2.75) is 26.5 Å². The molecule has 0 radical (unpaired) electrons. The highest BCUT2D eigenvalue weighted by Gasteiger charge is 2.20. The molecule has 6 nitrogen and oxygen atoms in total. The Morgan fingerprint density at radius 2 is 1.69 bits per heavy atom. The number of amides is 1. The van der Waals surface area contributed by atoms with Crippen molar-refractivity contribution in [3.63, 3.8) is 0 Å². The van der Waals surface area contributed by atoms with Crippen molar-refractivity contribution in [2.75, 3.05) is 17.1 Å². The van der Waals surface area contributed by atoms with E-state index in [2.05, 4.69) is 5.32 Å². The van der Waals surface area contributed by atoms with Crippen LogP contribution in [0.4, 0.5) is 5.69 Å². The molecule has 0 aliphatic heterocycles. The molecule has 0 bridgehead atoms. The third-order valence-corrected chi connectivity index (χ3v) is 4.66. The zero-order valence-electron chi connectivity index (χ0n) is 15.2. The number of anilines is 1. The molecule has 2 rings (SSSR count). The number of carbonyl (C=O) groups is 1. The molecule has 0 heterocycles. The topological polar surface area (TPSA) is 75.7 Å². The van der Waals surface area contributed by atoms with Gasteiger partial charge in [-0.15, -0.1) is 0 Å². The van der Waals surface area contributed by atoms with Crippen LogP contribution in [0, 0.1) is 0 Å². The van der Waals surface area contributed by atoms with Crippen LogP contribution < -0.4 is 14.4 Å². The second-order valence-corrected chi connectivity index (χ2v) is 8.10. The van der Waals surface area contributed by atoms with Crippen LogP contribution in [-0.4, -0.2) is 33.2 Å². The number of nitrogens with zero attached hydrogens (tertiary/aromatic N) is 1. The highest BCUT2D eigenvalue weighted by Crippen LogP contribution is 2.16. The van der Waals surface area contributed by atoms with Crippen LogP contribution in [-0.2, 0) is 21.4 Å². The molecule has 140 valence electrons. The van der Waals surface area contributed by atoms with E-state index in [9.17, 15) is 13.2 Å². The number of nitrogens with one attached hydrogen (secondary N) is 1. The lowest BCUT2D eigenvalue weighted by atomic mass is 10.2. The van der Waals surface area contributed by atoms with Gasteiger partial charge in [-0.2, -0.15) is 0 Å². The number of benzene rings is 2. The van der Waals surface area contributed by atoms with E-state index in [4.69, 9.17) is 4.74 Å². The van der Waals surface area contributed by atoms with Gasteiger partial charge in [0.05, 0.1) is 18.0 Å². The fourth-order valence-corrected chi connectivity index (χ4v) is 3.20. The Balaban J connectivity index is 1.96. The van der Waals surface area contributed by atoms with Crippen molar-refractivity contribution in [1.82, 2.24) is 5.32 Å². The maximum Gasteiger partial charge on any atom is 0.241 e. The van der Waals surface area contributed by atoms with Crippen molar-refractivity contribution >= 4 is 21.6 Å². The van der Waals surface area contributed by atoms with Crippen LogP contribution in [0.5, 0.6) is 5.75 Å². The van der Waals surface area contributed by atoms with Gasteiger partial charge >= 0.3 is 0 Å². The van der Waals surface area contributed by atoms with Crippen LogP contribution in [0.25, 0.3) is 0 Å². The van der Waals surface area contributed by atoms with E-state index < -0.39 is 10.0 Å². The van der Waals surface area contributed by atoms with E-state index in [1.807, 2.05) is 38.1 Å². The summed E-state index contributed by atoms with van der Waals surface area (Å²) in [7, 11) is -3.56. The maximum absolute atomic E-state index is 12.2. The van der Waals surface area contributed by atoms with Crippen molar-refractivity contribution in [3.05, 3.63) is 60.2 Å². The second kappa shape index (κ2) is 8.71. The summed E-state index contributed by atoms with van der Waals surface area (Å²) in [5, 5.41) is 2.75. The molecule has 0 aromatic heterocycles. The van der Waals surface area contributed by atoms with Crippen molar-refractivity contribution in [3.8, 4) is 5.75 Å². The lowest BCUT2D eigenvalue weighted by Gasteiger charge is -2.21. The largest absolute Gasteiger partial charge is 0.491 e. The van der Waals surface area contributed by atoms with Gasteiger partial charge in [-0.25, -0.2) is 8.42 Å². The molecule has 0 fully saturated rings. The van der Waals surface area contributed by atoms with Crippen molar-refractivity contribution < 1.29 is 17.9 Å². The molecule has 0 saturated heterocycles. The summed E-state index contributed by atoms with van der Waals surface area (Å²) in [4.78, 5) is 12.2. The summed E-state index contributed by atoms with van der Waals surface area (Å²) >= 11 is 0. The van der Waals surface area contributed by atoms with E-state index in [1.165, 1.54) is 0 Å². The predicted octanol–water partition coefficient (Wildman–Crippen LogP) is 2.56. The number of hydrogen-bond acceptors (Lipinski definition) is 4. The lowest BCUT2D eigenvalue weighted by Crippen LogP contribution is -2.40. The fraction of sp³-hybridized carbons (Fsp3) is 0.316. The van der Waals surface area contributed by atoms with Gasteiger partial charge in [0.1, 0.15) is 12.3 Å². The molecule has 0 spiro atoms. The average molecular weight is 376 g/mol. The molecule has 1 N–H and O–H groups in total. The molecular weight excluding hydrogens is 352 g/mol. The number of hydrogen-bond donors (Lipinski definition) is 1. The quantitative estimate of drug-likeness (QED) is 0.768. The molecule has 2 aromatic carbocycles. The molecular formula is C19H24N2O4S. The van der Waals surface area contributed by atoms with Gasteiger partial charge in [-0.1, -0.05) is 30.3 Å². The Morgan fingerprint density at radius 1 is 1.08 bits per heavy atom. The van der Waals surface area contributed by atoms with Gasteiger partial charge in [0.25, 0.3) is 0 Å². The molecule has 0 saturated carbocycles. The SMILES string of the molecule is CC(C)Oc1ccc(CNC(=O)CN(c2ccccc2)S(C)(=O)=O)cc1. The summed E-state index contributed by atoms with van der Waals surface area (Å²) in [5.41, 5.74) is 1.36. The Kier molecular flexibility index (Phi) is 6.63. The zero-order chi connectivity index (χ0) is 19.2. The smallest absolute Gasteiger partial charge is 0.241 e. The van der Waals surface area contributed by atoms with E-state index >= 15 is 0 Å². The summed E-state index contributed by atoms with van der Waals surface area (Å²) in [5.74, 6) is 0.393. The molecule has 0 aliphatic carbocycles. The monoisotopic (exact) mass is 376 g/mol. The van der Waals surface area contributed by atoms with Crippen LogP contribution in [0.3, 0.4) is 0 Å². The number of carbonyl (C=O) groups excluding carboxylic acids is 1. The van der Waals surface area contributed by atoms with Crippen molar-refractivity contribution in [1.29, 1.82) is 0 Å². The molecule has 7 heteroatoms. The first-order valence-corrected chi connectivity index (χ1v) is 10.2. The van der Waals surface area contributed by atoms with Gasteiger partial charge in [-0.05, 0) is 43.7 Å². The van der Waals surface area contributed by atoms with Crippen molar-refractivity contribution in [2.24, 2.45) is 0 Å². The van der Waals surface area contributed by atoms with Gasteiger partial charge < -0.3 is 10.1 Å². The number of ether oxygens (including phenoxy) is 1. The minimum atomic E-state index is -3.56. The number of rotatable bonds is 8. The minimum absolute atomic E-state index is 0.0977. The van der Waals surface area contributed by atoms with E-state index in [1.54, 1.807) is 30.3 Å². The van der Waals surface area contributed by atoms with E-state index in [-0.39, 0.29) is 18.6 Å². The Bertz CT molecular complexity index is 818. The molecule has 0 atom stereocenters. The average Bonchev–Trinajstić information content (AvgIpc) is 2.58. The van der Waals surface area contributed by atoms with Crippen LogP contribution in [0.15, 0.2) is 54.6 Å². The first-order chi connectivity index (χ1) is 12.3. The van der Waals surface area contributed by atoms with E-state index in [0.29, 0.717) is 12.2 Å². The van der Waals surface area contributed by atoms with Crippen LogP contribution in [0.1, 0.15) is 19.4 Å². The Labute approximate surface area is 154 Å². The zero-order valence-corrected chi connectivity index (χ0v) is 16.0. The normalized spacial score (nSPS) is 11.2. The third kappa shape index (κ3) is 6.07. The summed E-state index contributed by atoms with van der Waals surface area (Å²) < 4.78 is 30.7. The van der Waals surface area contributed by atoms with Gasteiger partial charge in [-0.3, -0.25) is 9.10 Å². The predicted molar refractivity (Wildman–Crippen MR) is 103 cm³/mol. The first-order valence-electron chi connectivity index (χ1n) is 8.31. The Hall–Kier alpha value is -2.54. The standard InChI is InChI=1S/C19H24N2O4S/c1-15(2)25-18-11-9-16(10-12-18)13-20-19(22)14-21(26(3,23)24)17-7-5-4-6-8-17/h4-12,15H,13-14H2,1-3H3,(H,20,22). The minimum Gasteiger partial charge on any atom is -0.491 e. The summed E-state index contributed by atoms with van der Waals surface area (Å²) in [6.45, 7) is 3.95. The second-order valence-electron chi connectivity index (χ2n) is 6.19. The first kappa shape index (κ1) is 19.8. The van der Waals surface area contributed by atoms with Gasteiger partial charge in [0.15, 0.2) is 0 Å². The number of sulfonamides is 1. The van der Waals surface area contributed by atoms with Gasteiger partial charge in [0.2, 0.25) is 15.9 Å².